The van der Waals surface area contributed by atoms with Gasteiger partial charge in [0.1, 0.15) is 17.8 Å². The highest BCUT2D eigenvalue weighted by molar-refractivity contribution is 5.52. The Bertz CT molecular complexity index is 873. The third kappa shape index (κ3) is 3.35. The Morgan fingerprint density at radius 1 is 1.16 bits per heavy atom. The van der Waals surface area contributed by atoms with Crippen molar-refractivity contribution in [2.75, 3.05) is 18.0 Å². The van der Waals surface area contributed by atoms with Crippen LogP contribution in [-0.2, 0) is 13.5 Å². The number of hydrogen-bond donors (Lipinski definition) is 0. The molecule has 0 bridgehead atoms. The predicted molar refractivity (Wildman–Crippen MR) is 95.0 cm³/mol. The average molecular weight is 335 g/mol. The lowest BCUT2D eigenvalue weighted by Crippen LogP contribution is -2.21. The Balaban J connectivity index is 1.46. The third-order valence-electron chi connectivity index (χ3n) is 4.66. The molecule has 1 fully saturated rings. The Hall–Kier alpha value is -2.83. The van der Waals surface area contributed by atoms with Crippen molar-refractivity contribution in [1.82, 2.24) is 29.5 Å². The van der Waals surface area contributed by atoms with E-state index in [9.17, 15) is 0 Å². The molecule has 1 saturated heterocycles. The normalized spacial score (nSPS) is 17.2. The molecule has 0 unspecified atom stereocenters. The van der Waals surface area contributed by atoms with Crippen molar-refractivity contribution in [3.8, 4) is 11.4 Å². The summed E-state index contributed by atoms with van der Waals surface area (Å²) in [5, 5.41) is 0. The van der Waals surface area contributed by atoms with Gasteiger partial charge in [0.05, 0.1) is 30.1 Å². The number of nitrogens with zero attached hydrogens (tertiary/aromatic N) is 7. The van der Waals surface area contributed by atoms with E-state index in [1.807, 2.05) is 37.0 Å². The zero-order valence-corrected chi connectivity index (χ0v) is 14.5. The maximum atomic E-state index is 4.78. The van der Waals surface area contributed by atoms with E-state index in [1.165, 1.54) is 0 Å². The van der Waals surface area contributed by atoms with E-state index >= 15 is 0 Å². The number of aryl methyl sites for hydroxylation is 2. The number of imidazole rings is 1. The third-order valence-corrected chi connectivity index (χ3v) is 4.66. The fourth-order valence-electron chi connectivity index (χ4n) is 3.35. The van der Waals surface area contributed by atoms with Gasteiger partial charge in [0, 0.05) is 38.1 Å². The summed E-state index contributed by atoms with van der Waals surface area (Å²) in [6.07, 6.45) is 11.0. The van der Waals surface area contributed by atoms with Gasteiger partial charge in [-0.25, -0.2) is 19.9 Å². The van der Waals surface area contributed by atoms with Crippen molar-refractivity contribution in [2.45, 2.75) is 19.8 Å². The van der Waals surface area contributed by atoms with Crippen LogP contribution in [0, 0.1) is 12.8 Å². The van der Waals surface area contributed by atoms with E-state index in [0.29, 0.717) is 5.92 Å². The summed E-state index contributed by atoms with van der Waals surface area (Å²) in [7, 11) is 1.97. The summed E-state index contributed by atoms with van der Waals surface area (Å²) in [5.74, 6) is 1.58. The van der Waals surface area contributed by atoms with Crippen molar-refractivity contribution in [3.63, 3.8) is 0 Å². The van der Waals surface area contributed by atoms with Gasteiger partial charge in [-0.1, -0.05) is 0 Å². The molecule has 0 amide bonds. The fourth-order valence-corrected chi connectivity index (χ4v) is 3.35. The molecule has 1 aliphatic heterocycles. The summed E-state index contributed by atoms with van der Waals surface area (Å²) in [6.45, 7) is 4.02. The second kappa shape index (κ2) is 6.58. The molecule has 25 heavy (non-hydrogen) atoms. The van der Waals surface area contributed by atoms with Crippen molar-refractivity contribution in [1.29, 1.82) is 0 Å². The maximum Gasteiger partial charge on any atom is 0.132 e. The molecule has 0 aromatic carbocycles. The van der Waals surface area contributed by atoms with Gasteiger partial charge in [0.2, 0.25) is 0 Å². The molecule has 0 N–H and O–H groups in total. The highest BCUT2D eigenvalue weighted by Crippen LogP contribution is 2.25. The molecule has 0 spiro atoms. The Morgan fingerprint density at radius 2 is 2.08 bits per heavy atom. The molecular weight excluding hydrogens is 314 g/mol. The Kier molecular flexibility index (Phi) is 4.13. The van der Waals surface area contributed by atoms with Gasteiger partial charge in [-0.05, 0) is 25.7 Å². The largest absolute Gasteiger partial charge is 0.356 e. The van der Waals surface area contributed by atoms with Crippen LogP contribution in [0.2, 0.25) is 0 Å². The Labute approximate surface area is 146 Å². The minimum atomic E-state index is 0.561. The molecule has 0 aliphatic carbocycles. The summed E-state index contributed by atoms with van der Waals surface area (Å²) in [6, 6.07) is 2.05. The van der Waals surface area contributed by atoms with E-state index < -0.39 is 0 Å². The standard InChI is InChI=1S/C18H21N7/c1-13-5-18(22-11-21-13)25-4-3-14(10-25)6-15-7-19-8-16(23-15)17-9-20-12-24(17)2/h5,7-9,11-12,14H,3-4,6,10H2,1-2H3/t14-/m1/s1. The molecule has 7 heteroatoms. The van der Waals surface area contributed by atoms with E-state index in [0.717, 1.165) is 54.5 Å². The second-order valence-electron chi connectivity index (χ2n) is 6.61. The SMILES string of the molecule is Cc1cc(N2CC[C@H](Cc3cncc(-c4cncn4C)n3)C2)ncn1. The van der Waals surface area contributed by atoms with E-state index in [1.54, 1.807) is 18.9 Å². The van der Waals surface area contributed by atoms with Gasteiger partial charge in [-0.3, -0.25) is 4.98 Å². The van der Waals surface area contributed by atoms with Crippen LogP contribution in [-0.4, -0.2) is 42.6 Å². The number of aromatic nitrogens is 6. The molecule has 4 rings (SSSR count). The first kappa shape index (κ1) is 15.7. The number of hydrogen-bond acceptors (Lipinski definition) is 6. The van der Waals surface area contributed by atoms with Crippen molar-refractivity contribution < 1.29 is 0 Å². The van der Waals surface area contributed by atoms with Crippen LogP contribution < -0.4 is 4.90 Å². The van der Waals surface area contributed by atoms with Crippen LogP contribution in [0.5, 0.6) is 0 Å². The van der Waals surface area contributed by atoms with Crippen LogP contribution >= 0.6 is 0 Å². The highest BCUT2D eigenvalue weighted by Gasteiger charge is 2.24. The molecule has 4 heterocycles. The zero-order chi connectivity index (χ0) is 17.2. The van der Waals surface area contributed by atoms with Crippen LogP contribution in [0.3, 0.4) is 0 Å². The fraction of sp³-hybridized carbons (Fsp3) is 0.389. The maximum absolute atomic E-state index is 4.78. The molecule has 7 nitrogen and oxygen atoms in total. The van der Waals surface area contributed by atoms with Gasteiger partial charge < -0.3 is 9.47 Å². The molecule has 0 saturated carbocycles. The summed E-state index contributed by atoms with van der Waals surface area (Å²) in [4.78, 5) is 24.2. The lowest BCUT2D eigenvalue weighted by Gasteiger charge is -2.17. The van der Waals surface area contributed by atoms with Crippen LogP contribution in [0.15, 0.2) is 37.3 Å². The Morgan fingerprint density at radius 3 is 2.88 bits per heavy atom. The average Bonchev–Trinajstić information content (AvgIpc) is 3.24. The summed E-state index contributed by atoms with van der Waals surface area (Å²) < 4.78 is 1.96. The van der Waals surface area contributed by atoms with E-state index in [-0.39, 0.29) is 0 Å². The molecule has 1 aliphatic rings. The molecule has 0 radical (unpaired) electrons. The number of anilines is 1. The van der Waals surface area contributed by atoms with Gasteiger partial charge in [-0.15, -0.1) is 0 Å². The van der Waals surface area contributed by atoms with E-state index in [4.69, 9.17) is 4.98 Å². The van der Waals surface area contributed by atoms with Crippen molar-refractivity contribution in [3.05, 3.63) is 48.7 Å². The van der Waals surface area contributed by atoms with Crippen LogP contribution in [0.25, 0.3) is 11.4 Å². The van der Waals surface area contributed by atoms with Crippen LogP contribution in [0.1, 0.15) is 17.8 Å². The topological polar surface area (TPSA) is 72.6 Å². The first-order valence-corrected chi connectivity index (χ1v) is 8.50. The molecular formula is C18H21N7. The zero-order valence-electron chi connectivity index (χ0n) is 14.5. The highest BCUT2D eigenvalue weighted by atomic mass is 15.2. The number of rotatable bonds is 4. The molecule has 3 aromatic heterocycles. The predicted octanol–water partition coefficient (Wildman–Crippen LogP) is 2.04. The van der Waals surface area contributed by atoms with Crippen molar-refractivity contribution >= 4 is 5.82 Å². The first-order chi connectivity index (χ1) is 12.2. The summed E-state index contributed by atoms with van der Waals surface area (Å²) >= 11 is 0. The minimum Gasteiger partial charge on any atom is -0.356 e. The first-order valence-electron chi connectivity index (χ1n) is 8.50. The van der Waals surface area contributed by atoms with Crippen molar-refractivity contribution in [2.24, 2.45) is 13.0 Å². The minimum absolute atomic E-state index is 0.561. The van der Waals surface area contributed by atoms with Gasteiger partial charge in [0.15, 0.2) is 0 Å². The second-order valence-corrected chi connectivity index (χ2v) is 6.61. The van der Waals surface area contributed by atoms with Gasteiger partial charge in [0.25, 0.3) is 0 Å². The lowest BCUT2D eigenvalue weighted by molar-refractivity contribution is 0.576. The molecule has 3 aromatic rings. The van der Waals surface area contributed by atoms with Gasteiger partial charge >= 0.3 is 0 Å². The summed E-state index contributed by atoms with van der Waals surface area (Å²) in [5.41, 5.74) is 3.89. The quantitative estimate of drug-likeness (QED) is 0.726. The molecule has 1 atom stereocenters. The smallest absolute Gasteiger partial charge is 0.132 e. The van der Waals surface area contributed by atoms with E-state index in [2.05, 4.69) is 24.8 Å². The van der Waals surface area contributed by atoms with Crippen LogP contribution in [0.4, 0.5) is 5.82 Å². The van der Waals surface area contributed by atoms with Gasteiger partial charge in [-0.2, -0.15) is 0 Å². The monoisotopic (exact) mass is 335 g/mol. The molecule has 128 valence electrons. The lowest BCUT2D eigenvalue weighted by atomic mass is 10.0.